The minimum Gasteiger partial charge on any atom is -0.495 e. The van der Waals surface area contributed by atoms with E-state index in [0.29, 0.717) is 30.1 Å². The van der Waals surface area contributed by atoms with Gasteiger partial charge in [0, 0.05) is 13.1 Å². The van der Waals surface area contributed by atoms with E-state index < -0.39 is 0 Å². The van der Waals surface area contributed by atoms with Crippen molar-refractivity contribution in [1.29, 1.82) is 0 Å². The van der Waals surface area contributed by atoms with E-state index in [-0.39, 0.29) is 17.1 Å². The van der Waals surface area contributed by atoms with Gasteiger partial charge in [0.05, 0.1) is 29.6 Å². The van der Waals surface area contributed by atoms with Crippen LogP contribution in [-0.4, -0.2) is 42.2 Å². The number of hydrogen-bond acceptors (Lipinski definition) is 4. The molecule has 5 heteroatoms. The summed E-state index contributed by atoms with van der Waals surface area (Å²) in [6.45, 7) is 9.02. The van der Waals surface area contributed by atoms with Crippen molar-refractivity contribution in [3.63, 3.8) is 0 Å². The number of carbonyl (C=O) groups excluding carboxylic acids is 1. The molecule has 1 heterocycles. The highest BCUT2D eigenvalue weighted by Gasteiger charge is 2.40. The fourth-order valence-corrected chi connectivity index (χ4v) is 3.01. The molecular weight excluding hydrogens is 268 g/mol. The lowest BCUT2D eigenvalue weighted by Crippen LogP contribution is -2.58. The minimum atomic E-state index is -0.384. The van der Waals surface area contributed by atoms with E-state index in [1.54, 1.807) is 30.2 Å². The van der Waals surface area contributed by atoms with Gasteiger partial charge in [0.2, 0.25) is 0 Å². The maximum Gasteiger partial charge on any atom is 0.256 e. The van der Waals surface area contributed by atoms with Crippen LogP contribution in [0, 0.1) is 0 Å². The number of ether oxygens (including phenoxy) is 2. The first-order valence-electron chi connectivity index (χ1n) is 7.07. The summed E-state index contributed by atoms with van der Waals surface area (Å²) in [5.74, 6) is 0.434. The molecule has 1 aromatic carbocycles. The number of para-hydroxylation sites is 1. The summed E-state index contributed by atoms with van der Waals surface area (Å²) >= 11 is 0. The number of rotatable bonds is 2. The monoisotopic (exact) mass is 292 g/mol. The molecule has 0 saturated carbocycles. The molecule has 0 unspecified atom stereocenters. The van der Waals surface area contributed by atoms with Crippen LogP contribution in [0.3, 0.4) is 0 Å². The van der Waals surface area contributed by atoms with Crippen LogP contribution < -0.4 is 10.5 Å². The molecule has 2 N–H and O–H groups in total. The Bertz CT molecular complexity index is 536. The summed E-state index contributed by atoms with van der Waals surface area (Å²) in [6.07, 6.45) is 0. The molecule has 1 aliphatic rings. The van der Waals surface area contributed by atoms with Gasteiger partial charge in [-0.15, -0.1) is 0 Å². The van der Waals surface area contributed by atoms with E-state index in [9.17, 15) is 4.79 Å². The summed E-state index contributed by atoms with van der Waals surface area (Å²) in [5, 5.41) is 0. The SMILES string of the molecule is COc1cccc(C(=O)N2CC(C)(C)OC(C)(C)C2)c1N. The van der Waals surface area contributed by atoms with Crippen molar-refractivity contribution in [3.05, 3.63) is 23.8 Å². The molecular formula is C16H24N2O3. The van der Waals surface area contributed by atoms with Crippen molar-refractivity contribution in [2.24, 2.45) is 0 Å². The van der Waals surface area contributed by atoms with Crippen LogP contribution in [0.5, 0.6) is 5.75 Å². The normalized spacial score (nSPS) is 20.1. The Morgan fingerprint density at radius 3 is 2.33 bits per heavy atom. The largest absolute Gasteiger partial charge is 0.495 e. The fraction of sp³-hybridized carbons (Fsp3) is 0.562. The molecule has 0 atom stereocenters. The quantitative estimate of drug-likeness (QED) is 0.850. The van der Waals surface area contributed by atoms with Gasteiger partial charge in [-0.25, -0.2) is 0 Å². The van der Waals surface area contributed by atoms with Crippen molar-refractivity contribution in [3.8, 4) is 5.75 Å². The van der Waals surface area contributed by atoms with Crippen molar-refractivity contribution in [2.75, 3.05) is 25.9 Å². The summed E-state index contributed by atoms with van der Waals surface area (Å²) in [7, 11) is 1.54. The number of carbonyl (C=O) groups is 1. The van der Waals surface area contributed by atoms with Crippen LogP contribution in [0.4, 0.5) is 5.69 Å². The van der Waals surface area contributed by atoms with Gasteiger partial charge in [0.15, 0.2) is 0 Å². The number of morpholine rings is 1. The molecule has 0 aromatic heterocycles. The first kappa shape index (κ1) is 15.6. The van der Waals surface area contributed by atoms with Gasteiger partial charge in [-0.3, -0.25) is 4.79 Å². The summed E-state index contributed by atoms with van der Waals surface area (Å²) < 4.78 is 11.2. The molecule has 0 bridgehead atoms. The highest BCUT2D eigenvalue weighted by Crippen LogP contribution is 2.31. The Balaban J connectivity index is 2.32. The third kappa shape index (κ3) is 3.29. The van der Waals surface area contributed by atoms with E-state index >= 15 is 0 Å². The Kier molecular flexibility index (Phi) is 3.89. The summed E-state index contributed by atoms with van der Waals surface area (Å²) in [5.41, 5.74) is 6.12. The standard InChI is InChI=1S/C16H24N2O3/c1-15(2)9-18(10-16(3,4)21-15)14(19)11-7-6-8-12(20-5)13(11)17/h6-8H,9-10,17H2,1-5H3. The number of nitrogen functional groups attached to an aromatic ring is 1. The van der Waals surface area contributed by atoms with Crippen molar-refractivity contribution in [2.45, 2.75) is 38.9 Å². The third-order valence-electron chi connectivity index (χ3n) is 3.50. The number of nitrogens with zero attached hydrogens (tertiary/aromatic N) is 1. The van der Waals surface area contributed by atoms with Gasteiger partial charge >= 0.3 is 0 Å². The Hall–Kier alpha value is -1.75. The number of hydrogen-bond donors (Lipinski definition) is 1. The zero-order valence-electron chi connectivity index (χ0n) is 13.4. The molecule has 5 nitrogen and oxygen atoms in total. The Morgan fingerprint density at radius 1 is 1.24 bits per heavy atom. The Morgan fingerprint density at radius 2 is 1.81 bits per heavy atom. The minimum absolute atomic E-state index is 0.0872. The van der Waals surface area contributed by atoms with E-state index in [1.807, 2.05) is 27.7 Å². The summed E-state index contributed by atoms with van der Waals surface area (Å²) in [6, 6.07) is 5.26. The average Bonchev–Trinajstić information content (AvgIpc) is 2.34. The molecule has 0 aliphatic carbocycles. The third-order valence-corrected chi connectivity index (χ3v) is 3.50. The summed E-state index contributed by atoms with van der Waals surface area (Å²) in [4.78, 5) is 14.6. The second-order valence-electron chi connectivity index (χ2n) is 6.70. The smallest absolute Gasteiger partial charge is 0.256 e. The number of benzene rings is 1. The first-order valence-corrected chi connectivity index (χ1v) is 7.07. The lowest BCUT2D eigenvalue weighted by molar-refractivity contribution is -0.171. The molecule has 116 valence electrons. The lowest BCUT2D eigenvalue weighted by Gasteiger charge is -2.47. The highest BCUT2D eigenvalue weighted by atomic mass is 16.5. The van der Waals surface area contributed by atoms with Gasteiger partial charge in [-0.05, 0) is 39.8 Å². The number of anilines is 1. The highest BCUT2D eigenvalue weighted by molar-refractivity contribution is 6.00. The zero-order valence-corrected chi connectivity index (χ0v) is 13.4. The molecule has 1 aliphatic heterocycles. The fourth-order valence-electron chi connectivity index (χ4n) is 3.01. The molecule has 1 saturated heterocycles. The molecule has 21 heavy (non-hydrogen) atoms. The van der Waals surface area contributed by atoms with Crippen molar-refractivity contribution >= 4 is 11.6 Å². The van der Waals surface area contributed by atoms with Gasteiger partial charge in [0.1, 0.15) is 5.75 Å². The maximum atomic E-state index is 12.8. The van der Waals surface area contributed by atoms with Crippen molar-refractivity contribution in [1.82, 2.24) is 4.90 Å². The first-order chi connectivity index (χ1) is 9.65. The zero-order chi connectivity index (χ0) is 15.8. The van der Waals surface area contributed by atoms with Crippen LogP contribution in [0.2, 0.25) is 0 Å². The van der Waals surface area contributed by atoms with Crippen LogP contribution in [-0.2, 0) is 4.74 Å². The van der Waals surface area contributed by atoms with Crippen LogP contribution in [0.1, 0.15) is 38.1 Å². The average molecular weight is 292 g/mol. The van der Waals surface area contributed by atoms with Gasteiger partial charge in [-0.2, -0.15) is 0 Å². The lowest BCUT2D eigenvalue weighted by atomic mass is 9.98. The molecule has 1 amide bonds. The number of methoxy groups -OCH3 is 1. The van der Waals surface area contributed by atoms with Crippen LogP contribution in [0.15, 0.2) is 18.2 Å². The molecule has 0 spiro atoms. The van der Waals surface area contributed by atoms with E-state index in [0.717, 1.165) is 0 Å². The predicted molar refractivity (Wildman–Crippen MR) is 82.6 cm³/mol. The van der Waals surface area contributed by atoms with E-state index in [1.165, 1.54) is 0 Å². The molecule has 2 rings (SSSR count). The topological polar surface area (TPSA) is 64.8 Å². The van der Waals surface area contributed by atoms with Gasteiger partial charge < -0.3 is 20.1 Å². The van der Waals surface area contributed by atoms with Gasteiger partial charge in [-0.1, -0.05) is 6.07 Å². The molecule has 0 radical (unpaired) electrons. The second-order valence-corrected chi connectivity index (χ2v) is 6.70. The van der Waals surface area contributed by atoms with Crippen LogP contribution in [0.25, 0.3) is 0 Å². The van der Waals surface area contributed by atoms with Crippen LogP contribution >= 0.6 is 0 Å². The number of nitrogens with two attached hydrogens (primary N) is 1. The molecule has 1 fully saturated rings. The van der Waals surface area contributed by atoms with Crippen molar-refractivity contribution < 1.29 is 14.3 Å². The molecule has 1 aromatic rings. The maximum absolute atomic E-state index is 12.8. The predicted octanol–water partition coefficient (Wildman–Crippen LogP) is 2.31. The van der Waals surface area contributed by atoms with Gasteiger partial charge in [0.25, 0.3) is 5.91 Å². The van der Waals surface area contributed by atoms with E-state index in [2.05, 4.69) is 0 Å². The number of amides is 1. The van der Waals surface area contributed by atoms with E-state index in [4.69, 9.17) is 15.2 Å². The Labute approximate surface area is 126 Å². The second kappa shape index (κ2) is 5.22.